The zero-order chi connectivity index (χ0) is 28.8. The Hall–Kier alpha value is 0.300. The Morgan fingerprint density at radius 2 is 1.10 bits per heavy atom. The first-order valence-corrected chi connectivity index (χ1v) is 24.6. The van der Waals surface area contributed by atoms with Crippen molar-refractivity contribution in [2.24, 2.45) is 5.92 Å². The molecule has 0 N–H and O–H groups in total. The minimum absolute atomic E-state index is 0.501. The fourth-order valence-corrected chi connectivity index (χ4v) is 14.5. The maximum atomic E-state index is 4.93. The van der Waals surface area contributed by atoms with E-state index < -0.39 is 28.9 Å². The summed E-state index contributed by atoms with van der Waals surface area (Å²) in [5, 5.41) is 3.05. The summed E-state index contributed by atoms with van der Waals surface area (Å²) in [6.07, 6.45) is 5.02. The van der Waals surface area contributed by atoms with Crippen LogP contribution >= 0.6 is 40.5 Å². The summed E-state index contributed by atoms with van der Waals surface area (Å²) in [6.45, 7) is 16.9. The molecule has 0 nitrogen and oxygen atoms in total. The van der Waals surface area contributed by atoms with Crippen LogP contribution in [0.1, 0.15) is 45.7 Å². The fraction of sp³-hybridized carbons (Fsp3) is 0.235. The molecule has 2 aromatic carbocycles. The van der Waals surface area contributed by atoms with E-state index in [0.717, 1.165) is 0 Å². The number of thioether (sulfide) groups is 2. The molecule has 0 atom stereocenters. The van der Waals surface area contributed by atoms with Crippen molar-refractivity contribution in [1.82, 2.24) is 0 Å². The first-order chi connectivity index (χ1) is 19.1. The molecule has 6 rings (SSSR count). The Balaban J connectivity index is 0.00000103. The van der Waals surface area contributed by atoms with Crippen LogP contribution in [0.2, 0.25) is 13.1 Å². The third-order valence-electron chi connectivity index (χ3n) is 8.04. The van der Waals surface area contributed by atoms with Gasteiger partial charge >= 0.3 is 37.9 Å². The second kappa shape index (κ2) is 13.1. The predicted octanol–water partition coefficient (Wildman–Crippen LogP) is 11.1. The summed E-state index contributed by atoms with van der Waals surface area (Å²) in [5.41, 5.74) is 8.83. The molecule has 0 spiro atoms. The van der Waals surface area contributed by atoms with E-state index in [0.29, 0.717) is 5.92 Å². The number of halogens is 2. The summed E-state index contributed by atoms with van der Waals surface area (Å²) in [6, 6.07) is 21.9. The summed E-state index contributed by atoms with van der Waals surface area (Å²) in [4.78, 5) is 2.86. The van der Waals surface area contributed by atoms with Gasteiger partial charge in [0.1, 0.15) is 0 Å². The number of allylic oxidation sites excluding steroid dienone is 4. The van der Waals surface area contributed by atoms with Gasteiger partial charge in [0.05, 0.1) is 18.6 Å². The molecular weight excluding hydrogens is 663 g/mol. The fourth-order valence-electron chi connectivity index (χ4n) is 6.53. The molecule has 2 saturated carbocycles. The Bertz CT molecular complexity index is 1250. The van der Waals surface area contributed by atoms with E-state index in [2.05, 4.69) is 121 Å². The Morgan fingerprint density at radius 3 is 1.55 bits per heavy atom. The third-order valence-corrected chi connectivity index (χ3v) is 14.4. The van der Waals surface area contributed by atoms with Crippen molar-refractivity contribution in [3.8, 4) is 0 Å². The van der Waals surface area contributed by atoms with Gasteiger partial charge in [0.25, 0.3) is 0 Å². The molecular formula is C34H34Cl2S2SiZr+2. The van der Waals surface area contributed by atoms with Crippen molar-refractivity contribution in [1.29, 1.82) is 0 Å². The number of hydrogen-bond acceptors (Lipinski definition) is 2. The van der Waals surface area contributed by atoms with Crippen molar-refractivity contribution in [3.05, 3.63) is 140 Å². The van der Waals surface area contributed by atoms with Gasteiger partial charge < -0.3 is 0 Å². The Morgan fingerprint density at radius 1 is 0.675 bits per heavy atom. The summed E-state index contributed by atoms with van der Waals surface area (Å²) < 4.78 is 0. The summed E-state index contributed by atoms with van der Waals surface area (Å²) in [7, 11) is 7.84. The molecule has 0 bridgehead atoms. The van der Waals surface area contributed by atoms with E-state index in [1.807, 2.05) is 23.5 Å². The second-order valence-corrected chi connectivity index (χ2v) is 21.7. The molecule has 0 amide bonds. The molecule has 10 radical (unpaired) electrons. The first-order valence-electron chi connectivity index (χ1n) is 13.6. The molecule has 4 aliphatic rings. The summed E-state index contributed by atoms with van der Waals surface area (Å²) >= 11 is 3.20. The second-order valence-electron chi connectivity index (χ2n) is 11.3. The normalized spacial score (nSPS) is 22.4. The number of hydrogen-bond donors (Lipinski definition) is 0. The molecule has 2 aliphatic heterocycles. The summed E-state index contributed by atoms with van der Waals surface area (Å²) in [5.74, 6) is 6.43. The van der Waals surface area contributed by atoms with Crippen LogP contribution in [0.4, 0.5) is 0 Å². The van der Waals surface area contributed by atoms with Crippen molar-refractivity contribution in [2.75, 3.05) is 0 Å². The van der Waals surface area contributed by atoms with Gasteiger partial charge in [-0.1, -0.05) is 94.5 Å². The van der Waals surface area contributed by atoms with Crippen LogP contribution in [-0.4, -0.2) is 8.07 Å². The molecule has 202 valence electrons. The van der Waals surface area contributed by atoms with E-state index >= 15 is 0 Å². The van der Waals surface area contributed by atoms with Gasteiger partial charge in [0, 0.05) is 11.8 Å². The minimum atomic E-state index is -2.03. The van der Waals surface area contributed by atoms with E-state index in [1.54, 1.807) is 17.0 Å². The van der Waals surface area contributed by atoms with Crippen LogP contribution in [0.3, 0.4) is 0 Å². The van der Waals surface area contributed by atoms with Gasteiger partial charge in [-0.25, -0.2) is 0 Å². The Kier molecular flexibility index (Phi) is 10.4. The average Bonchev–Trinajstić information content (AvgIpc) is 3.61. The molecule has 40 heavy (non-hydrogen) atoms. The van der Waals surface area contributed by atoms with Gasteiger partial charge in [0.2, 0.25) is 0 Å². The monoisotopic (exact) mass is 694 g/mol. The first kappa shape index (κ1) is 31.7. The molecule has 0 aromatic heterocycles. The molecule has 2 aliphatic carbocycles. The standard InChI is InChI=1S/C34H34S2Si.2ClH.Zr/c1-20(2)26-19-28-30(25-16-12-9-13-17-25)23(5)36-32(28)34(26)37(6,7)33-21(3)18-27-29(22(4)35-31(27)33)24-14-10-8-11-15-24;;;/h8-20H,1-7H3;2*1H;/q;;;+4/p-2. The van der Waals surface area contributed by atoms with Crippen molar-refractivity contribution in [3.63, 3.8) is 0 Å². The van der Waals surface area contributed by atoms with Crippen molar-refractivity contribution in [2.45, 2.75) is 47.7 Å². The molecule has 2 heterocycles. The van der Waals surface area contributed by atoms with Gasteiger partial charge in [-0.2, -0.15) is 0 Å². The molecule has 2 fully saturated rings. The van der Waals surface area contributed by atoms with Crippen molar-refractivity contribution < 1.29 is 20.8 Å². The van der Waals surface area contributed by atoms with E-state index in [4.69, 9.17) is 17.0 Å². The van der Waals surface area contributed by atoms with Gasteiger partial charge in [-0.05, 0) is 87.6 Å². The van der Waals surface area contributed by atoms with Crippen LogP contribution < -0.4 is 0 Å². The quantitative estimate of drug-likeness (QED) is 0.286. The zero-order valence-electron chi connectivity index (χ0n) is 24.1. The van der Waals surface area contributed by atoms with E-state index in [-0.39, 0.29) is 0 Å². The van der Waals surface area contributed by atoms with Crippen LogP contribution in [0.25, 0.3) is 11.1 Å². The van der Waals surface area contributed by atoms with Crippen molar-refractivity contribution >= 4 is 59.8 Å². The van der Waals surface area contributed by atoms with Crippen LogP contribution in [0.15, 0.2) is 70.5 Å². The number of rotatable bonds is 5. The maximum absolute atomic E-state index is 4.93. The molecule has 6 heteroatoms. The van der Waals surface area contributed by atoms with Crippen LogP contribution in [0, 0.1) is 64.0 Å². The van der Waals surface area contributed by atoms with Gasteiger partial charge in [-0.3, -0.25) is 0 Å². The molecule has 2 aromatic rings. The topological polar surface area (TPSA) is 0 Å². The van der Waals surface area contributed by atoms with Gasteiger partial charge in [0.15, 0.2) is 0 Å². The Labute approximate surface area is 271 Å². The SMILES string of the molecule is C[C]1[CH][C]2[C](SC(C)=C2c2ccccc2)[C]1[Si](C)(C)[C]1[C]2SC(C)=C(c3ccccc3)[C]2[CH][C]1C(C)C.[Cl][Zr+2][Cl]. The number of benzene rings is 2. The van der Waals surface area contributed by atoms with Crippen LogP contribution in [0.5, 0.6) is 0 Å². The van der Waals surface area contributed by atoms with E-state index in [1.165, 1.54) is 60.3 Å². The molecule has 0 unspecified atom stereocenters. The number of fused-ring (bicyclic) bond motifs is 2. The molecule has 0 saturated heterocycles. The van der Waals surface area contributed by atoms with Crippen LogP contribution in [-0.2, 0) is 20.8 Å². The van der Waals surface area contributed by atoms with Gasteiger partial charge in [-0.15, -0.1) is 23.5 Å². The predicted molar refractivity (Wildman–Crippen MR) is 177 cm³/mol. The third kappa shape index (κ3) is 5.75. The average molecular weight is 697 g/mol. The van der Waals surface area contributed by atoms with E-state index in [9.17, 15) is 0 Å². The zero-order valence-corrected chi connectivity index (χ0v) is 30.7.